The number of ketones is 2. The van der Waals surface area contributed by atoms with E-state index in [2.05, 4.69) is 0 Å². The van der Waals surface area contributed by atoms with E-state index in [9.17, 15) is 22.8 Å². The molecule has 0 spiro atoms. The Balaban J connectivity index is 1.98. The van der Waals surface area contributed by atoms with Crippen molar-refractivity contribution in [2.75, 3.05) is 0 Å². The number of carbonyl (C=O) groups is 2. The van der Waals surface area contributed by atoms with Gasteiger partial charge in [0, 0.05) is 11.8 Å². The Morgan fingerprint density at radius 1 is 1.00 bits per heavy atom. The van der Waals surface area contributed by atoms with Crippen molar-refractivity contribution in [1.29, 1.82) is 0 Å². The Morgan fingerprint density at radius 2 is 1.55 bits per heavy atom. The number of allylic oxidation sites excluding steroid dienone is 2. The molecule has 2 aliphatic rings. The highest BCUT2D eigenvalue weighted by Gasteiger charge is 2.49. The highest BCUT2D eigenvalue weighted by Crippen LogP contribution is 2.43. The summed E-state index contributed by atoms with van der Waals surface area (Å²) < 4.78 is 38.2. The maximum absolute atomic E-state index is 12.7. The van der Waals surface area contributed by atoms with Gasteiger partial charge in [-0.2, -0.15) is 13.2 Å². The Morgan fingerprint density at radius 3 is 2.00 bits per heavy atom. The SMILES string of the molecule is Cc1cc(C(F)(F)F)ccc1C1C(=O)C2CC=CCC2C1=O. The van der Waals surface area contributed by atoms with Gasteiger partial charge in [0.1, 0.15) is 5.92 Å². The lowest BCUT2D eigenvalue weighted by atomic mass is 9.85. The molecule has 2 unspecified atom stereocenters. The molecule has 1 saturated carbocycles. The second-order valence-electron chi connectivity index (χ2n) is 5.96. The van der Waals surface area contributed by atoms with Crippen molar-refractivity contribution in [3.63, 3.8) is 0 Å². The van der Waals surface area contributed by atoms with Gasteiger partial charge in [-0.25, -0.2) is 0 Å². The smallest absolute Gasteiger partial charge is 0.298 e. The zero-order valence-electron chi connectivity index (χ0n) is 12.0. The van der Waals surface area contributed by atoms with E-state index in [1.54, 1.807) is 0 Å². The Kier molecular flexibility index (Phi) is 3.46. The summed E-state index contributed by atoms with van der Waals surface area (Å²) >= 11 is 0. The van der Waals surface area contributed by atoms with E-state index in [0.29, 0.717) is 24.0 Å². The maximum Gasteiger partial charge on any atom is 0.416 e. The van der Waals surface area contributed by atoms with Crippen LogP contribution in [-0.4, -0.2) is 11.6 Å². The molecule has 22 heavy (non-hydrogen) atoms. The lowest BCUT2D eigenvalue weighted by molar-refractivity contribution is -0.137. The van der Waals surface area contributed by atoms with Crippen molar-refractivity contribution in [2.45, 2.75) is 31.9 Å². The highest BCUT2D eigenvalue weighted by atomic mass is 19.4. The van der Waals surface area contributed by atoms with Crippen LogP contribution in [0.5, 0.6) is 0 Å². The average molecular weight is 308 g/mol. The summed E-state index contributed by atoms with van der Waals surface area (Å²) in [4.78, 5) is 25.0. The monoisotopic (exact) mass is 308 g/mol. The van der Waals surface area contributed by atoms with Gasteiger partial charge in [-0.05, 0) is 43.0 Å². The van der Waals surface area contributed by atoms with Gasteiger partial charge in [-0.3, -0.25) is 9.59 Å². The third-order valence-corrected chi connectivity index (χ3v) is 4.64. The number of aryl methyl sites for hydroxylation is 1. The van der Waals surface area contributed by atoms with Crippen LogP contribution in [0.2, 0.25) is 0 Å². The van der Waals surface area contributed by atoms with Crippen molar-refractivity contribution in [3.05, 3.63) is 47.0 Å². The molecule has 1 aromatic rings. The molecule has 2 nitrogen and oxygen atoms in total. The van der Waals surface area contributed by atoms with E-state index in [4.69, 9.17) is 0 Å². The van der Waals surface area contributed by atoms with Gasteiger partial charge in [-0.1, -0.05) is 18.2 Å². The fourth-order valence-electron chi connectivity index (χ4n) is 3.49. The highest BCUT2D eigenvalue weighted by molar-refractivity contribution is 6.16. The second-order valence-corrected chi connectivity index (χ2v) is 5.96. The van der Waals surface area contributed by atoms with Gasteiger partial charge in [0.15, 0.2) is 11.6 Å². The summed E-state index contributed by atoms with van der Waals surface area (Å²) in [5.41, 5.74) is -0.00346. The predicted molar refractivity (Wildman–Crippen MR) is 74.3 cm³/mol. The molecule has 2 aliphatic carbocycles. The molecular formula is C17H15F3O2. The minimum Gasteiger partial charge on any atom is -0.298 e. The van der Waals surface area contributed by atoms with Crippen LogP contribution in [0.25, 0.3) is 0 Å². The second kappa shape index (κ2) is 5.07. The van der Waals surface area contributed by atoms with Crippen LogP contribution in [0.1, 0.15) is 35.4 Å². The number of carbonyl (C=O) groups excluding carboxylic acids is 2. The first-order chi connectivity index (χ1) is 10.3. The third-order valence-electron chi connectivity index (χ3n) is 4.64. The molecule has 0 aromatic heterocycles. The number of hydrogen-bond donors (Lipinski definition) is 0. The van der Waals surface area contributed by atoms with Crippen LogP contribution in [0.3, 0.4) is 0 Å². The lowest BCUT2D eigenvalue weighted by Crippen LogP contribution is -2.18. The van der Waals surface area contributed by atoms with Crippen molar-refractivity contribution < 1.29 is 22.8 Å². The van der Waals surface area contributed by atoms with Gasteiger partial charge in [-0.15, -0.1) is 0 Å². The van der Waals surface area contributed by atoms with Crippen molar-refractivity contribution in [2.24, 2.45) is 11.8 Å². The molecule has 2 atom stereocenters. The number of fused-ring (bicyclic) bond motifs is 1. The lowest BCUT2D eigenvalue weighted by Gasteiger charge is -2.16. The zero-order chi connectivity index (χ0) is 16.1. The molecule has 116 valence electrons. The van der Waals surface area contributed by atoms with Crippen molar-refractivity contribution in [3.8, 4) is 0 Å². The molecule has 0 heterocycles. The van der Waals surface area contributed by atoms with Crippen molar-refractivity contribution >= 4 is 11.6 Å². The number of halogens is 3. The van der Waals surface area contributed by atoms with E-state index in [-0.39, 0.29) is 23.4 Å². The summed E-state index contributed by atoms with van der Waals surface area (Å²) in [6.07, 6.45) is 0.463. The molecule has 3 rings (SSSR count). The summed E-state index contributed by atoms with van der Waals surface area (Å²) in [7, 11) is 0. The van der Waals surface area contributed by atoms with E-state index in [1.165, 1.54) is 13.0 Å². The third kappa shape index (κ3) is 2.28. The number of Topliss-reactive ketones (excluding diaryl/α,β-unsaturated/α-hetero) is 2. The molecule has 0 saturated heterocycles. The molecule has 0 N–H and O–H groups in total. The molecule has 0 aliphatic heterocycles. The van der Waals surface area contributed by atoms with Gasteiger partial charge in [0.25, 0.3) is 0 Å². The van der Waals surface area contributed by atoms with E-state index in [0.717, 1.165) is 12.1 Å². The Bertz CT molecular complexity index is 647. The average Bonchev–Trinajstić information content (AvgIpc) is 2.71. The molecule has 1 aromatic carbocycles. The molecular weight excluding hydrogens is 293 g/mol. The van der Waals surface area contributed by atoms with Crippen LogP contribution in [0, 0.1) is 18.8 Å². The molecule has 1 fully saturated rings. The minimum atomic E-state index is -4.43. The molecule has 0 radical (unpaired) electrons. The van der Waals surface area contributed by atoms with Crippen LogP contribution >= 0.6 is 0 Å². The summed E-state index contributed by atoms with van der Waals surface area (Å²) in [6.45, 7) is 1.52. The van der Waals surface area contributed by atoms with Crippen LogP contribution in [0.15, 0.2) is 30.4 Å². The topological polar surface area (TPSA) is 34.1 Å². The normalized spacial score (nSPS) is 28.1. The van der Waals surface area contributed by atoms with Gasteiger partial charge in [0.05, 0.1) is 5.56 Å². The van der Waals surface area contributed by atoms with Gasteiger partial charge < -0.3 is 0 Å². The standard InChI is InChI=1S/C17H15F3O2/c1-9-8-10(17(18,19)20)6-7-11(9)14-15(21)12-4-2-3-5-13(12)16(14)22/h2-3,6-8,12-14H,4-5H2,1H3. The summed E-state index contributed by atoms with van der Waals surface area (Å²) in [6, 6.07) is 3.24. The largest absolute Gasteiger partial charge is 0.416 e. The van der Waals surface area contributed by atoms with E-state index >= 15 is 0 Å². The Labute approximate surface area is 126 Å². The Hall–Kier alpha value is -1.91. The molecule has 0 bridgehead atoms. The number of alkyl halides is 3. The summed E-state index contributed by atoms with van der Waals surface area (Å²) in [5, 5.41) is 0. The first kappa shape index (κ1) is 15.0. The van der Waals surface area contributed by atoms with Crippen molar-refractivity contribution in [1.82, 2.24) is 0 Å². The van der Waals surface area contributed by atoms with E-state index in [1.807, 2.05) is 12.2 Å². The molecule has 0 amide bonds. The summed E-state index contributed by atoms with van der Waals surface area (Å²) in [5.74, 6) is -1.84. The van der Waals surface area contributed by atoms with Gasteiger partial charge >= 0.3 is 6.18 Å². The van der Waals surface area contributed by atoms with Crippen LogP contribution < -0.4 is 0 Å². The number of rotatable bonds is 1. The van der Waals surface area contributed by atoms with Crippen LogP contribution in [-0.2, 0) is 15.8 Å². The minimum absolute atomic E-state index is 0.151. The zero-order valence-corrected chi connectivity index (χ0v) is 12.0. The predicted octanol–water partition coefficient (Wildman–Crippen LogP) is 3.83. The number of hydrogen-bond acceptors (Lipinski definition) is 2. The quantitative estimate of drug-likeness (QED) is 0.583. The van der Waals surface area contributed by atoms with Crippen LogP contribution in [0.4, 0.5) is 13.2 Å². The number of benzene rings is 1. The first-order valence-electron chi connectivity index (χ1n) is 7.21. The fraction of sp³-hybridized carbons (Fsp3) is 0.412. The maximum atomic E-state index is 12.7. The fourth-order valence-corrected chi connectivity index (χ4v) is 3.49. The van der Waals surface area contributed by atoms with Gasteiger partial charge in [0.2, 0.25) is 0 Å². The first-order valence-corrected chi connectivity index (χ1v) is 7.21. The van der Waals surface area contributed by atoms with E-state index < -0.39 is 17.7 Å². The molecule has 5 heteroatoms.